The Hall–Kier alpha value is -2.28. The van der Waals surface area contributed by atoms with E-state index in [1.165, 1.54) is 43.5 Å². The predicted molar refractivity (Wildman–Crippen MR) is 70.8 cm³/mol. The van der Waals surface area contributed by atoms with Gasteiger partial charge in [0.2, 0.25) is 0 Å². The fourth-order valence-corrected chi connectivity index (χ4v) is 2.38. The monoisotopic (exact) mass is 293 g/mol. The Balaban J connectivity index is 2.09. The second kappa shape index (κ2) is 6.25. The second-order valence-electron chi connectivity index (χ2n) is 3.72. The third kappa shape index (κ3) is 3.18. The molecule has 1 N–H and O–H groups in total. The summed E-state index contributed by atoms with van der Waals surface area (Å²) in [5.41, 5.74) is 0.343. The van der Waals surface area contributed by atoms with Crippen molar-refractivity contribution in [2.75, 3.05) is 7.11 Å². The van der Waals surface area contributed by atoms with Crippen molar-refractivity contribution in [3.8, 4) is 0 Å². The molecule has 2 heterocycles. The van der Waals surface area contributed by atoms with Gasteiger partial charge in [-0.25, -0.2) is 14.6 Å². The summed E-state index contributed by atoms with van der Waals surface area (Å²) < 4.78 is 9.88. The molecule has 0 atom stereocenters. The van der Waals surface area contributed by atoms with Gasteiger partial charge < -0.3 is 14.3 Å². The van der Waals surface area contributed by atoms with Crippen LogP contribution in [-0.4, -0.2) is 29.1 Å². The lowest BCUT2D eigenvalue weighted by atomic mass is 10.3. The van der Waals surface area contributed by atoms with Crippen LogP contribution in [0.5, 0.6) is 0 Å². The first-order valence-corrected chi connectivity index (χ1v) is 6.57. The zero-order valence-corrected chi connectivity index (χ0v) is 11.3. The number of carbonyl (C=O) groups excluding carboxylic acids is 1. The number of rotatable bonds is 5. The molecule has 0 saturated carbocycles. The topological polar surface area (TPSA) is 89.6 Å². The van der Waals surface area contributed by atoms with Gasteiger partial charge in [0, 0.05) is 11.1 Å². The number of esters is 1. The van der Waals surface area contributed by atoms with Gasteiger partial charge in [0.1, 0.15) is 17.0 Å². The number of carboxylic acids is 1. The van der Waals surface area contributed by atoms with E-state index in [1.54, 1.807) is 6.07 Å². The number of ether oxygens (including phenoxy) is 1. The van der Waals surface area contributed by atoms with Crippen LogP contribution < -0.4 is 0 Å². The summed E-state index contributed by atoms with van der Waals surface area (Å²) in [5.74, 6) is -0.674. The van der Waals surface area contributed by atoms with Crippen LogP contribution in [0, 0.1) is 0 Å². The Labute approximate surface area is 118 Å². The predicted octanol–water partition coefficient (Wildman–Crippen LogP) is 2.45. The summed E-state index contributed by atoms with van der Waals surface area (Å²) >= 11 is 1.35. The van der Waals surface area contributed by atoms with Crippen LogP contribution in [0.4, 0.5) is 0 Å². The second-order valence-corrected chi connectivity index (χ2v) is 4.77. The summed E-state index contributed by atoms with van der Waals surface area (Å²) in [7, 11) is 1.30. The van der Waals surface area contributed by atoms with Gasteiger partial charge >= 0.3 is 11.9 Å². The number of nitrogens with zero attached hydrogens (tertiary/aromatic N) is 1. The number of hydrogen-bond donors (Lipinski definition) is 1. The molecule has 0 unspecified atom stereocenters. The molecule has 104 valence electrons. The molecule has 20 heavy (non-hydrogen) atoms. The molecule has 6 nitrogen and oxygen atoms in total. The summed E-state index contributed by atoms with van der Waals surface area (Å²) in [6.45, 7) is 0. The number of methoxy groups -OCH3 is 1. The van der Waals surface area contributed by atoms with Crippen LogP contribution in [0.15, 0.2) is 40.0 Å². The molecule has 0 radical (unpaired) electrons. The summed E-state index contributed by atoms with van der Waals surface area (Å²) in [6, 6.07) is 4.70. The molecule has 7 heteroatoms. The molecule has 0 aliphatic carbocycles. The minimum Gasteiger partial charge on any atom is -0.477 e. The number of carboxylic acid groups (broad SMARTS) is 1. The summed E-state index contributed by atoms with van der Waals surface area (Å²) in [4.78, 5) is 26.7. The molecule has 2 aromatic rings. The Morgan fingerprint density at radius 2 is 2.25 bits per heavy atom. The zero-order valence-electron chi connectivity index (χ0n) is 10.5. The van der Waals surface area contributed by atoms with Crippen LogP contribution in [0.3, 0.4) is 0 Å². The van der Waals surface area contributed by atoms with Crippen LogP contribution in [0.2, 0.25) is 0 Å². The van der Waals surface area contributed by atoms with Gasteiger partial charge in [-0.2, -0.15) is 0 Å². The number of pyridine rings is 1. The third-order valence-electron chi connectivity index (χ3n) is 2.47. The molecule has 0 spiro atoms. The maximum absolute atomic E-state index is 11.5. The van der Waals surface area contributed by atoms with Crippen LogP contribution in [-0.2, 0) is 10.5 Å². The van der Waals surface area contributed by atoms with Crippen molar-refractivity contribution in [1.82, 2.24) is 4.98 Å². The molecule has 0 fully saturated rings. The van der Waals surface area contributed by atoms with E-state index in [4.69, 9.17) is 9.52 Å². The smallest absolute Gasteiger partial charge is 0.354 e. The first-order valence-electron chi connectivity index (χ1n) is 5.58. The van der Waals surface area contributed by atoms with Gasteiger partial charge in [-0.15, -0.1) is 11.8 Å². The Bertz CT molecular complexity index is 637. The van der Waals surface area contributed by atoms with Crippen molar-refractivity contribution in [3.63, 3.8) is 0 Å². The van der Waals surface area contributed by atoms with E-state index in [2.05, 4.69) is 9.72 Å². The summed E-state index contributed by atoms with van der Waals surface area (Å²) in [6.07, 6.45) is 2.84. The maximum Gasteiger partial charge on any atom is 0.354 e. The van der Waals surface area contributed by atoms with E-state index >= 15 is 0 Å². The average Bonchev–Trinajstić information content (AvgIpc) is 2.93. The number of aromatic carboxylic acids is 1. The van der Waals surface area contributed by atoms with E-state index < -0.39 is 11.9 Å². The molecular formula is C13H11NO5S. The lowest BCUT2D eigenvalue weighted by molar-refractivity contribution is 0.0597. The first kappa shape index (κ1) is 14.1. The Morgan fingerprint density at radius 1 is 1.45 bits per heavy atom. The number of furan rings is 1. The quantitative estimate of drug-likeness (QED) is 0.669. The number of hydrogen-bond acceptors (Lipinski definition) is 6. The third-order valence-corrected chi connectivity index (χ3v) is 3.46. The highest BCUT2D eigenvalue weighted by Gasteiger charge is 2.15. The highest BCUT2D eigenvalue weighted by atomic mass is 32.2. The molecule has 2 aromatic heterocycles. The van der Waals surface area contributed by atoms with Crippen LogP contribution in [0.25, 0.3) is 0 Å². The largest absolute Gasteiger partial charge is 0.477 e. The van der Waals surface area contributed by atoms with Crippen molar-refractivity contribution < 1.29 is 23.8 Å². The SMILES string of the molecule is COC(=O)c1ccoc1CSc1ccnc(C(=O)O)c1. The Morgan fingerprint density at radius 3 is 2.95 bits per heavy atom. The van der Waals surface area contributed by atoms with Crippen molar-refractivity contribution in [3.05, 3.63) is 47.7 Å². The molecule has 0 aliphatic rings. The van der Waals surface area contributed by atoms with E-state index in [-0.39, 0.29) is 5.69 Å². The standard InChI is InChI=1S/C13H11NO5S/c1-18-13(17)9-3-5-19-11(9)7-20-8-2-4-14-10(6-8)12(15)16/h2-6H,7H2,1H3,(H,15,16). The zero-order chi connectivity index (χ0) is 14.5. The van der Waals surface area contributed by atoms with Crippen LogP contribution >= 0.6 is 11.8 Å². The van der Waals surface area contributed by atoms with Gasteiger partial charge in [-0.05, 0) is 18.2 Å². The van der Waals surface area contributed by atoms with E-state index in [0.29, 0.717) is 17.1 Å². The maximum atomic E-state index is 11.5. The van der Waals surface area contributed by atoms with Gasteiger partial charge in [-0.1, -0.05) is 0 Å². The van der Waals surface area contributed by atoms with E-state index in [0.717, 1.165) is 4.90 Å². The average molecular weight is 293 g/mol. The van der Waals surface area contributed by atoms with E-state index in [1.807, 2.05) is 0 Å². The van der Waals surface area contributed by atoms with Gasteiger partial charge in [0.15, 0.2) is 0 Å². The van der Waals surface area contributed by atoms with Gasteiger partial charge in [-0.3, -0.25) is 0 Å². The number of carbonyl (C=O) groups is 2. The fraction of sp³-hybridized carbons (Fsp3) is 0.154. The molecule has 0 aromatic carbocycles. The highest BCUT2D eigenvalue weighted by Crippen LogP contribution is 2.25. The van der Waals surface area contributed by atoms with E-state index in [9.17, 15) is 9.59 Å². The molecule has 2 rings (SSSR count). The van der Waals surface area contributed by atoms with Crippen molar-refractivity contribution in [2.24, 2.45) is 0 Å². The lowest BCUT2D eigenvalue weighted by Gasteiger charge is -2.02. The lowest BCUT2D eigenvalue weighted by Crippen LogP contribution is -2.02. The molecule has 0 aliphatic heterocycles. The Kier molecular flexibility index (Phi) is 4.41. The number of thioether (sulfide) groups is 1. The fourth-order valence-electron chi connectivity index (χ4n) is 1.51. The minimum absolute atomic E-state index is 0.0253. The molecule has 0 saturated heterocycles. The number of aromatic nitrogens is 1. The van der Waals surface area contributed by atoms with Crippen molar-refractivity contribution in [1.29, 1.82) is 0 Å². The first-order chi connectivity index (χ1) is 9.61. The van der Waals surface area contributed by atoms with Crippen LogP contribution in [0.1, 0.15) is 26.6 Å². The summed E-state index contributed by atoms with van der Waals surface area (Å²) in [5, 5.41) is 8.86. The molecule has 0 bridgehead atoms. The molecular weight excluding hydrogens is 282 g/mol. The highest BCUT2D eigenvalue weighted by molar-refractivity contribution is 7.98. The van der Waals surface area contributed by atoms with Gasteiger partial charge in [0.25, 0.3) is 0 Å². The van der Waals surface area contributed by atoms with Gasteiger partial charge in [0.05, 0.1) is 19.1 Å². The minimum atomic E-state index is -1.08. The molecule has 0 amide bonds. The van der Waals surface area contributed by atoms with Crippen molar-refractivity contribution in [2.45, 2.75) is 10.6 Å². The normalized spacial score (nSPS) is 10.2. The van der Waals surface area contributed by atoms with Crippen molar-refractivity contribution >= 4 is 23.7 Å².